The summed E-state index contributed by atoms with van der Waals surface area (Å²) in [4.78, 5) is 27.5. The lowest BCUT2D eigenvalue weighted by Crippen LogP contribution is -2.34. The van der Waals surface area contributed by atoms with E-state index in [-0.39, 0.29) is 11.5 Å². The van der Waals surface area contributed by atoms with E-state index in [0.717, 1.165) is 30.4 Å². The first-order valence-corrected chi connectivity index (χ1v) is 9.66. The van der Waals surface area contributed by atoms with Crippen LogP contribution in [0.1, 0.15) is 62.1 Å². The van der Waals surface area contributed by atoms with Crippen molar-refractivity contribution >= 4 is 0 Å². The molecule has 5 heteroatoms. The van der Waals surface area contributed by atoms with Crippen LogP contribution in [0, 0.1) is 13.8 Å². The summed E-state index contributed by atoms with van der Waals surface area (Å²) in [7, 11) is 0. The van der Waals surface area contributed by atoms with Gasteiger partial charge in [-0.1, -0.05) is 31.6 Å². The minimum absolute atomic E-state index is 0.0628. The lowest BCUT2D eigenvalue weighted by atomic mass is 10.1. The SMILES string of the molecule is Cc1cc(C)cc(Oc2c(C(C)C)c(=O)[nH]c(=O)n2CCC2=CCCC2)c1. The van der Waals surface area contributed by atoms with Crippen molar-refractivity contribution in [2.45, 2.75) is 65.8 Å². The van der Waals surface area contributed by atoms with Crippen molar-refractivity contribution < 1.29 is 4.74 Å². The smallest absolute Gasteiger partial charge is 0.331 e. The van der Waals surface area contributed by atoms with Crippen molar-refractivity contribution in [3.05, 3.63) is 67.4 Å². The Morgan fingerprint density at radius 3 is 2.44 bits per heavy atom. The molecule has 0 saturated heterocycles. The molecule has 0 unspecified atom stereocenters. The molecule has 0 fully saturated rings. The predicted octanol–water partition coefficient (Wildman–Crippen LogP) is 4.57. The molecule has 1 heterocycles. The quantitative estimate of drug-likeness (QED) is 0.760. The van der Waals surface area contributed by atoms with Gasteiger partial charge in [-0.05, 0) is 68.7 Å². The van der Waals surface area contributed by atoms with Gasteiger partial charge < -0.3 is 4.74 Å². The third-order valence-electron chi connectivity index (χ3n) is 4.96. The Kier molecular flexibility index (Phi) is 5.68. The van der Waals surface area contributed by atoms with Crippen molar-refractivity contribution in [1.82, 2.24) is 9.55 Å². The zero-order valence-electron chi connectivity index (χ0n) is 16.6. The Morgan fingerprint density at radius 1 is 1.15 bits per heavy atom. The van der Waals surface area contributed by atoms with Gasteiger partial charge in [0.25, 0.3) is 5.56 Å². The summed E-state index contributed by atoms with van der Waals surface area (Å²) in [5.74, 6) is 0.947. The van der Waals surface area contributed by atoms with Crippen molar-refractivity contribution in [2.24, 2.45) is 0 Å². The molecule has 0 amide bonds. The summed E-state index contributed by atoms with van der Waals surface area (Å²) in [6.45, 7) is 8.38. The van der Waals surface area contributed by atoms with Gasteiger partial charge in [0.2, 0.25) is 5.88 Å². The lowest BCUT2D eigenvalue weighted by Gasteiger charge is -2.19. The van der Waals surface area contributed by atoms with Crippen LogP contribution in [0.5, 0.6) is 11.6 Å². The highest BCUT2D eigenvalue weighted by molar-refractivity contribution is 5.38. The van der Waals surface area contributed by atoms with Gasteiger partial charge in [0.1, 0.15) is 5.75 Å². The number of rotatable bonds is 6. The Morgan fingerprint density at radius 2 is 1.85 bits per heavy atom. The molecular formula is C22H28N2O3. The number of benzene rings is 1. The van der Waals surface area contributed by atoms with Crippen LogP contribution in [0.25, 0.3) is 0 Å². The molecule has 1 aliphatic carbocycles. The zero-order valence-corrected chi connectivity index (χ0v) is 16.6. The second-order valence-electron chi connectivity index (χ2n) is 7.71. The van der Waals surface area contributed by atoms with Gasteiger partial charge in [-0.2, -0.15) is 0 Å². The maximum absolute atomic E-state index is 12.6. The van der Waals surface area contributed by atoms with E-state index >= 15 is 0 Å². The molecule has 144 valence electrons. The number of aromatic amines is 1. The molecule has 2 aromatic rings. The normalized spacial score (nSPS) is 13.9. The fourth-order valence-electron chi connectivity index (χ4n) is 3.71. The van der Waals surface area contributed by atoms with E-state index in [2.05, 4.69) is 17.1 Å². The van der Waals surface area contributed by atoms with E-state index in [1.54, 1.807) is 4.57 Å². The van der Waals surface area contributed by atoms with Crippen molar-refractivity contribution in [1.29, 1.82) is 0 Å². The predicted molar refractivity (Wildman–Crippen MR) is 108 cm³/mol. The molecule has 0 aliphatic heterocycles. The Balaban J connectivity index is 2.06. The highest BCUT2D eigenvalue weighted by atomic mass is 16.5. The minimum Gasteiger partial charge on any atom is -0.440 e. The molecule has 1 N–H and O–H groups in total. The minimum atomic E-state index is -0.414. The lowest BCUT2D eigenvalue weighted by molar-refractivity contribution is 0.401. The monoisotopic (exact) mass is 368 g/mol. The number of H-pyrrole nitrogens is 1. The zero-order chi connectivity index (χ0) is 19.6. The fraction of sp³-hybridized carbons (Fsp3) is 0.455. The van der Waals surface area contributed by atoms with Crippen molar-refractivity contribution in [3.63, 3.8) is 0 Å². The van der Waals surface area contributed by atoms with Crippen LogP contribution in [0.2, 0.25) is 0 Å². The number of nitrogens with zero attached hydrogens (tertiary/aromatic N) is 1. The molecule has 3 rings (SSSR count). The number of aryl methyl sites for hydroxylation is 2. The second kappa shape index (κ2) is 7.99. The van der Waals surface area contributed by atoms with E-state index in [1.165, 1.54) is 12.0 Å². The number of nitrogens with one attached hydrogen (secondary N) is 1. The Labute approximate surface area is 159 Å². The van der Waals surface area contributed by atoms with E-state index in [4.69, 9.17) is 4.74 Å². The highest BCUT2D eigenvalue weighted by Gasteiger charge is 2.20. The van der Waals surface area contributed by atoms with Crippen LogP contribution < -0.4 is 16.0 Å². The topological polar surface area (TPSA) is 64.1 Å². The molecule has 0 spiro atoms. The van der Waals surface area contributed by atoms with Crippen LogP contribution in [-0.4, -0.2) is 9.55 Å². The summed E-state index contributed by atoms with van der Waals surface area (Å²) < 4.78 is 7.74. The fourth-order valence-corrected chi connectivity index (χ4v) is 3.71. The van der Waals surface area contributed by atoms with Gasteiger partial charge in [0.05, 0.1) is 5.56 Å². The average Bonchev–Trinajstić information content (AvgIpc) is 3.06. The first-order chi connectivity index (χ1) is 12.8. The number of ether oxygens (including phenoxy) is 1. The van der Waals surface area contributed by atoms with Gasteiger partial charge in [-0.3, -0.25) is 14.3 Å². The molecule has 0 radical (unpaired) electrons. The third kappa shape index (κ3) is 4.41. The Hall–Kier alpha value is -2.56. The summed E-state index contributed by atoms with van der Waals surface area (Å²) in [6.07, 6.45) is 6.43. The number of hydrogen-bond acceptors (Lipinski definition) is 3. The summed E-state index contributed by atoms with van der Waals surface area (Å²) >= 11 is 0. The number of allylic oxidation sites excluding steroid dienone is 2. The molecule has 1 aromatic heterocycles. The first kappa shape index (κ1) is 19.2. The maximum Gasteiger partial charge on any atom is 0.331 e. The summed E-state index contributed by atoms with van der Waals surface area (Å²) in [5, 5.41) is 0. The number of hydrogen-bond donors (Lipinski definition) is 1. The van der Waals surface area contributed by atoms with E-state index in [1.807, 2.05) is 39.8 Å². The van der Waals surface area contributed by atoms with E-state index < -0.39 is 5.69 Å². The third-order valence-corrected chi connectivity index (χ3v) is 4.96. The van der Waals surface area contributed by atoms with Gasteiger partial charge in [-0.25, -0.2) is 4.79 Å². The van der Waals surface area contributed by atoms with Gasteiger partial charge in [-0.15, -0.1) is 0 Å². The van der Waals surface area contributed by atoms with Gasteiger partial charge in [0.15, 0.2) is 0 Å². The molecule has 1 aliphatic rings. The molecule has 0 bridgehead atoms. The van der Waals surface area contributed by atoms with Gasteiger partial charge in [0, 0.05) is 6.54 Å². The average molecular weight is 368 g/mol. The number of aromatic nitrogens is 2. The van der Waals surface area contributed by atoms with Crippen LogP contribution in [0.15, 0.2) is 39.4 Å². The molecule has 0 atom stereocenters. The first-order valence-electron chi connectivity index (χ1n) is 9.66. The second-order valence-corrected chi connectivity index (χ2v) is 7.71. The van der Waals surface area contributed by atoms with Crippen LogP contribution in [-0.2, 0) is 6.54 Å². The molecule has 27 heavy (non-hydrogen) atoms. The van der Waals surface area contributed by atoms with Crippen LogP contribution in [0.4, 0.5) is 0 Å². The summed E-state index contributed by atoms with van der Waals surface area (Å²) in [5.41, 5.74) is 3.25. The van der Waals surface area contributed by atoms with Crippen molar-refractivity contribution in [3.8, 4) is 11.6 Å². The molecule has 0 saturated carbocycles. The van der Waals surface area contributed by atoms with Crippen molar-refractivity contribution in [2.75, 3.05) is 0 Å². The molecular weight excluding hydrogens is 340 g/mol. The van der Waals surface area contributed by atoms with E-state index in [9.17, 15) is 9.59 Å². The largest absolute Gasteiger partial charge is 0.440 e. The standard InChI is InChI=1S/C22H28N2O3/c1-14(2)19-20(25)23-22(26)24(10-9-17-7-5-6-8-17)21(19)27-18-12-15(3)11-16(4)13-18/h7,11-14H,5-6,8-10H2,1-4H3,(H,23,25,26). The highest BCUT2D eigenvalue weighted by Crippen LogP contribution is 2.29. The maximum atomic E-state index is 12.6. The van der Waals surface area contributed by atoms with Gasteiger partial charge >= 0.3 is 5.69 Å². The van der Waals surface area contributed by atoms with Crippen LogP contribution >= 0.6 is 0 Å². The molecule has 1 aromatic carbocycles. The Bertz CT molecular complexity index is 960. The summed E-state index contributed by atoms with van der Waals surface area (Å²) in [6, 6.07) is 5.91. The molecule has 5 nitrogen and oxygen atoms in total. The van der Waals surface area contributed by atoms with Crippen LogP contribution in [0.3, 0.4) is 0 Å². The van der Waals surface area contributed by atoms with E-state index in [0.29, 0.717) is 23.7 Å².